The lowest BCUT2D eigenvalue weighted by atomic mass is 10.1. The Morgan fingerprint density at radius 3 is 2.96 bits per heavy atom. The summed E-state index contributed by atoms with van der Waals surface area (Å²) in [5.41, 5.74) is 2.90. The molecule has 1 atom stereocenters. The van der Waals surface area contributed by atoms with E-state index < -0.39 is 5.97 Å². The van der Waals surface area contributed by atoms with Gasteiger partial charge >= 0.3 is 5.97 Å². The number of aromatic nitrogens is 1. The fourth-order valence-corrected chi connectivity index (χ4v) is 4.63. The van der Waals surface area contributed by atoms with Gasteiger partial charge in [0, 0.05) is 35.4 Å². The number of aliphatic imine (C=N–C) groups is 1. The van der Waals surface area contributed by atoms with Crippen molar-refractivity contribution in [2.45, 2.75) is 31.3 Å². The van der Waals surface area contributed by atoms with Gasteiger partial charge in [0.2, 0.25) is 0 Å². The second-order valence-corrected chi connectivity index (χ2v) is 8.07. The number of benzene rings is 1. The quantitative estimate of drug-likeness (QED) is 0.720. The number of anilines is 1. The highest BCUT2D eigenvalue weighted by molar-refractivity contribution is 8.14. The number of fused-ring (bicyclic) bond motifs is 1. The number of aromatic amines is 1. The lowest BCUT2D eigenvalue weighted by Crippen LogP contribution is -2.27. The van der Waals surface area contributed by atoms with Crippen LogP contribution < -0.4 is 5.32 Å². The molecule has 0 amide bonds. The zero-order valence-electron chi connectivity index (χ0n) is 14.1. The molecule has 4 rings (SSSR count). The second kappa shape index (κ2) is 7.50. The third kappa shape index (κ3) is 3.84. The molecule has 26 heavy (non-hydrogen) atoms. The molecule has 6 nitrogen and oxygen atoms in total. The molecule has 2 aliphatic heterocycles. The summed E-state index contributed by atoms with van der Waals surface area (Å²) in [7, 11) is 0. The van der Waals surface area contributed by atoms with Crippen molar-refractivity contribution in [1.29, 1.82) is 0 Å². The number of aliphatic carboxylic acids is 1. The smallest absolute Gasteiger partial charge is 0.305 e. The maximum Gasteiger partial charge on any atom is 0.305 e. The molecule has 1 aromatic carbocycles. The summed E-state index contributed by atoms with van der Waals surface area (Å²) in [5.74, 6) is -0.114. The van der Waals surface area contributed by atoms with Crippen LogP contribution in [0, 0.1) is 0 Å². The molecule has 0 bridgehead atoms. The largest absolute Gasteiger partial charge is 0.481 e. The lowest BCUT2D eigenvalue weighted by Gasteiger charge is -2.24. The number of H-pyrrole nitrogens is 1. The molecule has 2 aliphatic rings. The number of nitrogens with zero attached hydrogens (tertiary/aromatic N) is 1. The number of carboxylic acid groups (broad SMARTS) is 1. The van der Waals surface area contributed by atoms with Gasteiger partial charge in [-0.2, -0.15) is 0 Å². The van der Waals surface area contributed by atoms with Crippen molar-refractivity contribution in [1.82, 2.24) is 4.98 Å². The highest BCUT2D eigenvalue weighted by Crippen LogP contribution is 2.32. The lowest BCUT2D eigenvalue weighted by molar-refractivity contribution is -0.137. The van der Waals surface area contributed by atoms with Crippen LogP contribution in [0.1, 0.15) is 25.0 Å². The van der Waals surface area contributed by atoms with E-state index in [1.165, 1.54) is 0 Å². The molecule has 0 aliphatic carbocycles. The van der Waals surface area contributed by atoms with Crippen molar-refractivity contribution in [2.24, 2.45) is 4.99 Å². The van der Waals surface area contributed by atoms with Gasteiger partial charge in [-0.1, -0.05) is 11.6 Å². The molecular weight excluding hydrogens is 374 g/mol. The first-order valence-electron chi connectivity index (χ1n) is 8.68. The number of thioether (sulfide) groups is 1. The van der Waals surface area contributed by atoms with E-state index in [0.29, 0.717) is 16.8 Å². The average molecular weight is 394 g/mol. The van der Waals surface area contributed by atoms with Crippen LogP contribution in [0.4, 0.5) is 5.69 Å². The van der Waals surface area contributed by atoms with Gasteiger partial charge in [-0.05, 0) is 31.0 Å². The molecule has 3 N–H and O–H groups in total. The highest BCUT2D eigenvalue weighted by Gasteiger charge is 2.23. The van der Waals surface area contributed by atoms with Crippen molar-refractivity contribution in [3.8, 4) is 0 Å². The Kier molecular flexibility index (Phi) is 5.11. The average Bonchev–Trinajstić information content (AvgIpc) is 3.22. The van der Waals surface area contributed by atoms with Gasteiger partial charge in [-0.25, -0.2) is 0 Å². The summed E-state index contributed by atoms with van der Waals surface area (Å²) in [6.45, 7) is 1.55. The van der Waals surface area contributed by atoms with Gasteiger partial charge in [0.25, 0.3) is 0 Å². The summed E-state index contributed by atoms with van der Waals surface area (Å²) in [5, 5.41) is 15.1. The van der Waals surface area contributed by atoms with E-state index in [9.17, 15) is 4.79 Å². The van der Waals surface area contributed by atoms with Crippen molar-refractivity contribution in [3.63, 3.8) is 0 Å². The van der Waals surface area contributed by atoms with Crippen LogP contribution >= 0.6 is 23.4 Å². The van der Waals surface area contributed by atoms with Crippen molar-refractivity contribution in [2.75, 3.05) is 24.3 Å². The number of hydrogen-bond donors (Lipinski definition) is 3. The Morgan fingerprint density at radius 2 is 2.19 bits per heavy atom. The summed E-state index contributed by atoms with van der Waals surface area (Å²) in [6.07, 6.45) is 2.01. The standard InChI is InChI=1S/C18H20ClN3O3S/c19-11-5-10-6-15(18-21-13(9-26-18)8-16(23)24)22-17(10)14(7-11)20-12-1-3-25-4-2-12/h5-7,12-13,20,22H,1-4,8-9H2,(H,23,24)/t13-/m1/s1. The monoisotopic (exact) mass is 393 g/mol. The Labute approximate surface area is 160 Å². The van der Waals surface area contributed by atoms with E-state index in [2.05, 4.69) is 15.3 Å². The summed E-state index contributed by atoms with van der Waals surface area (Å²) in [6, 6.07) is 6.11. The first kappa shape index (κ1) is 17.7. The molecule has 3 heterocycles. The molecule has 1 saturated heterocycles. The summed E-state index contributed by atoms with van der Waals surface area (Å²) >= 11 is 7.90. The van der Waals surface area contributed by atoms with Gasteiger partial charge < -0.3 is 20.1 Å². The Balaban J connectivity index is 1.62. The van der Waals surface area contributed by atoms with Crippen LogP contribution in [-0.2, 0) is 9.53 Å². The van der Waals surface area contributed by atoms with Crippen LogP contribution in [0.5, 0.6) is 0 Å². The molecule has 0 unspecified atom stereocenters. The van der Waals surface area contributed by atoms with Crippen LogP contribution in [0.15, 0.2) is 23.2 Å². The zero-order chi connectivity index (χ0) is 18.1. The summed E-state index contributed by atoms with van der Waals surface area (Å²) in [4.78, 5) is 18.9. The molecular formula is C18H20ClN3O3S. The SMILES string of the molecule is O=C(O)C[C@@H]1CSC(c2cc3cc(Cl)cc(NC4CCOCC4)c3[nH]2)=N1. The number of rotatable bonds is 5. The van der Waals surface area contributed by atoms with Crippen LogP contribution in [-0.4, -0.2) is 52.2 Å². The van der Waals surface area contributed by atoms with E-state index in [1.54, 1.807) is 11.8 Å². The normalized spacial score (nSPS) is 21.1. The first-order valence-corrected chi connectivity index (χ1v) is 10.0. The molecule has 1 fully saturated rings. The van der Waals surface area contributed by atoms with Gasteiger partial charge in [0.15, 0.2) is 0 Å². The predicted molar refractivity (Wildman–Crippen MR) is 106 cm³/mol. The maximum atomic E-state index is 10.9. The molecule has 0 spiro atoms. The van der Waals surface area contributed by atoms with Crippen LogP contribution in [0.2, 0.25) is 5.02 Å². The molecule has 1 aromatic heterocycles. The number of carboxylic acids is 1. The minimum absolute atomic E-state index is 0.0686. The van der Waals surface area contributed by atoms with Crippen LogP contribution in [0.3, 0.4) is 0 Å². The molecule has 138 valence electrons. The van der Waals surface area contributed by atoms with Gasteiger partial charge in [0.05, 0.1) is 29.4 Å². The van der Waals surface area contributed by atoms with Crippen molar-refractivity contribution >= 4 is 51.0 Å². The molecule has 2 aromatic rings. The van der Waals surface area contributed by atoms with Crippen molar-refractivity contribution in [3.05, 3.63) is 28.9 Å². The second-order valence-electron chi connectivity index (χ2n) is 6.63. The van der Waals surface area contributed by atoms with E-state index >= 15 is 0 Å². The summed E-state index contributed by atoms with van der Waals surface area (Å²) < 4.78 is 5.42. The molecule has 0 radical (unpaired) electrons. The Hall–Kier alpha value is -1.70. The minimum Gasteiger partial charge on any atom is -0.481 e. The number of carbonyl (C=O) groups is 1. The van der Waals surface area contributed by atoms with Crippen LogP contribution in [0.25, 0.3) is 10.9 Å². The van der Waals surface area contributed by atoms with Gasteiger partial charge in [0.1, 0.15) is 5.04 Å². The topological polar surface area (TPSA) is 86.7 Å². The molecule has 8 heteroatoms. The van der Waals surface area contributed by atoms with Gasteiger partial charge in [-0.15, -0.1) is 11.8 Å². The number of nitrogens with one attached hydrogen (secondary N) is 2. The predicted octanol–water partition coefficient (Wildman–Crippen LogP) is 3.75. The number of ether oxygens (including phenoxy) is 1. The Morgan fingerprint density at radius 1 is 1.38 bits per heavy atom. The van der Waals surface area contributed by atoms with E-state index in [0.717, 1.165) is 53.4 Å². The van der Waals surface area contributed by atoms with Crippen molar-refractivity contribution < 1.29 is 14.6 Å². The maximum absolute atomic E-state index is 10.9. The first-order chi connectivity index (χ1) is 12.6. The van der Waals surface area contributed by atoms with E-state index in [4.69, 9.17) is 21.4 Å². The fraction of sp³-hybridized carbons (Fsp3) is 0.444. The number of hydrogen-bond acceptors (Lipinski definition) is 5. The zero-order valence-corrected chi connectivity index (χ0v) is 15.7. The third-order valence-corrected chi connectivity index (χ3v) is 6.00. The Bertz CT molecular complexity index is 861. The third-order valence-electron chi connectivity index (χ3n) is 4.63. The fourth-order valence-electron chi connectivity index (χ4n) is 3.37. The minimum atomic E-state index is -0.813. The number of halogens is 1. The highest BCUT2D eigenvalue weighted by atomic mass is 35.5. The molecule has 0 saturated carbocycles. The van der Waals surface area contributed by atoms with E-state index in [-0.39, 0.29) is 12.5 Å². The van der Waals surface area contributed by atoms with E-state index in [1.807, 2.05) is 18.2 Å². The van der Waals surface area contributed by atoms with Gasteiger partial charge in [-0.3, -0.25) is 9.79 Å².